The Morgan fingerprint density at radius 3 is 1.65 bits per heavy atom. The molecule has 196 valence electrons. The summed E-state index contributed by atoms with van der Waals surface area (Å²) in [4.78, 5) is 17.5. The van der Waals surface area contributed by atoms with E-state index in [-0.39, 0.29) is 23.8 Å². The van der Waals surface area contributed by atoms with Crippen molar-refractivity contribution in [1.82, 2.24) is 10.3 Å². The predicted molar refractivity (Wildman–Crippen MR) is 155 cm³/mol. The maximum Gasteiger partial charge on any atom is 0.270 e. The Balaban J connectivity index is 1.67. The van der Waals surface area contributed by atoms with Crippen LogP contribution in [-0.2, 0) is 0 Å². The van der Waals surface area contributed by atoms with Gasteiger partial charge in [-0.25, -0.2) is 0 Å². The van der Waals surface area contributed by atoms with Crippen LogP contribution in [0.4, 0.5) is 0 Å². The van der Waals surface area contributed by atoms with E-state index in [0.717, 1.165) is 49.7 Å². The third-order valence-electron chi connectivity index (χ3n) is 7.19. The molecule has 4 rings (SSSR count). The molecule has 37 heavy (non-hydrogen) atoms. The van der Waals surface area contributed by atoms with E-state index in [0.29, 0.717) is 25.8 Å². The summed E-state index contributed by atoms with van der Waals surface area (Å²) in [7, 11) is 0. The Bertz CT molecular complexity index is 1080. The number of nitrogens with zero attached hydrogens (tertiary/aromatic N) is 1. The van der Waals surface area contributed by atoms with Crippen molar-refractivity contribution in [3.05, 3.63) is 97.7 Å². The third kappa shape index (κ3) is 8.61. The van der Waals surface area contributed by atoms with Gasteiger partial charge in [0.25, 0.3) is 5.91 Å². The number of amides is 1. The first-order valence-electron chi connectivity index (χ1n) is 13.0. The third-order valence-corrected chi connectivity index (χ3v) is 8.06. The molecule has 2 aromatic carbocycles. The lowest BCUT2D eigenvalue weighted by Gasteiger charge is -2.30. The monoisotopic (exact) mass is 576 g/mol. The zero-order valence-corrected chi connectivity index (χ0v) is 23.8. The van der Waals surface area contributed by atoms with E-state index in [1.165, 1.54) is 19.3 Å². The Morgan fingerprint density at radius 1 is 0.703 bits per heavy atom. The molecule has 1 amide bonds. The van der Waals surface area contributed by atoms with Crippen molar-refractivity contribution >= 4 is 52.3 Å². The Hall–Kier alpha value is -1.78. The summed E-state index contributed by atoms with van der Waals surface area (Å²) in [6.07, 6.45) is 11.1. The molecule has 0 aliphatic heterocycles. The molecule has 0 saturated heterocycles. The molecule has 1 fully saturated rings. The van der Waals surface area contributed by atoms with Gasteiger partial charge in [0, 0.05) is 32.3 Å². The summed E-state index contributed by atoms with van der Waals surface area (Å²) in [6.45, 7) is 0. The Labute approximate surface area is 239 Å². The lowest BCUT2D eigenvalue weighted by Crippen LogP contribution is -2.37. The molecule has 1 aromatic heterocycles. The van der Waals surface area contributed by atoms with E-state index in [1.807, 2.05) is 36.4 Å². The highest BCUT2D eigenvalue weighted by Gasteiger charge is 2.26. The second kappa shape index (κ2) is 13.8. The summed E-state index contributed by atoms with van der Waals surface area (Å²) in [5, 5.41) is 5.85. The van der Waals surface area contributed by atoms with Crippen LogP contribution in [0.15, 0.2) is 60.8 Å². The zero-order valence-electron chi connectivity index (χ0n) is 20.7. The quantitative estimate of drug-likeness (QED) is 0.335. The van der Waals surface area contributed by atoms with E-state index >= 15 is 0 Å². The molecule has 1 N–H and O–H groups in total. The molecular weight excluding hydrogens is 546 g/mol. The van der Waals surface area contributed by atoms with Gasteiger partial charge in [0.05, 0.1) is 0 Å². The van der Waals surface area contributed by atoms with Crippen molar-refractivity contribution in [3.63, 3.8) is 0 Å². The molecule has 1 aliphatic rings. The maximum atomic E-state index is 13.2. The van der Waals surface area contributed by atoms with Crippen LogP contribution in [0.5, 0.6) is 0 Å². The number of hydrogen-bond donors (Lipinski definition) is 1. The Morgan fingerprint density at radius 2 is 1.19 bits per heavy atom. The minimum Gasteiger partial charge on any atom is -0.348 e. The summed E-state index contributed by atoms with van der Waals surface area (Å²) < 4.78 is 0. The van der Waals surface area contributed by atoms with E-state index < -0.39 is 0 Å². The van der Waals surface area contributed by atoms with E-state index in [9.17, 15) is 4.79 Å². The number of carbonyl (C=O) groups excluding carboxylic acids is 1. The van der Waals surface area contributed by atoms with Gasteiger partial charge in [-0.05, 0) is 97.2 Å². The van der Waals surface area contributed by atoms with Gasteiger partial charge in [-0.3, -0.25) is 9.78 Å². The first-order chi connectivity index (χ1) is 17.9. The highest BCUT2D eigenvalue weighted by atomic mass is 35.5. The van der Waals surface area contributed by atoms with E-state index in [1.54, 1.807) is 24.4 Å². The van der Waals surface area contributed by atoms with Gasteiger partial charge in [-0.2, -0.15) is 0 Å². The molecule has 3 aromatic rings. The van der Waals surface area contributed by atoms with Crippen LogP contribution >= 0.6 is 46.4 Å². The van der Waals surface area contributed by atoms with Gasteiger partial charge in [0.2, 0.25) is 0 Å². The second-order valence-electron chi connectivity index (χ2n) is 10.0. The number of halogens is 4. The molecule has 0 bridgehead atoms. The fraction of sp³-hybridized carbons (Fsp3) is 0.400. The van der Waals surface area contributed by atoms with Gasteiger partial charge in [-0.1, -0.05) is 84.6 Å². The SMILES string of the molecule is O=C(NC1CC(c2cc(Cl)cc(Cl)c2)CCCCCCCC(c2cc(Cl)cc(Cl)c2)C1)c1ccccn1. The van der Waals surface area contributed by atoms with Crippen molar-refractivity contribution in [1.29, 1.82) is 0 Å². The first-order valence-corrected chi connectivity index (χ1v) is 14.5. The predicted octanol–water partition coefficient (Wildman–Crippen LogP) is 9.89. The molecule has 1 saturated carbocycles. The number of pyridine rings is 1. The largest absolute Gasteiger partial charge is 0.348 e. The molecule has 7 heteroatoms. The van der Waals surface area contributed by atoms with Crippen LogP contribution in [-0.4, -0.2) is 16.9 Å². The average molecular weight is 578 g/mol. The highest BCUT2D eigenvalue weighted by molar-refractivity contribution is 6.35. The van der Waals surface area contributed by atoms with E-state index in [2.05, 4.69) is 10.3 Å². The van der Waals surface area contributed by atoms with Crippen LogP contribution < -0.4 is 5.32 Å². The van der Waals surface area contributed by atoms with Gasteiger partial charge in [-0.15, -0.1) is 0 Å². The van der Waals surface area contributed by atoms with Crippen LogP contribution in [0.1, 0.15) is 91.2 Å². The first kappa shape index (κ1) is 28.2. The van der Waals surface area contributed by atoms with Crippen LogP contribution in [0.2, 0.25) is 20.1 Å². The number of carbonyl (C=O) groups is 1. The molecule has 0 spiro atoms. The molecule has 0 radical (unpaired) electrons. The second-order valence-corrected chi connectivity index (χ2v) is 11.7. The molecule has 1 heterocycles. The number of benzene rings is 2. The van der Waals surface area contributed by atoms with Crippen molar-refractivity contribution < 1.29 is 4.79 Å². The molecular formula is C30H32Cl4N2O. The average Bonchev–Trinajstić information content (AvgIpc) is 2.84. The lowest BCUT2D eigenvalue weighted by atomic mass is 9.81. The van der Waals surface area contributed by atoms with Gasteiger partial charge in [0.1, 0.15) is 5.69 Å². The minimum atomic E-state index is -0.163. The van der Waals surface area contributed by atoms with E-state index in [4.69, 9.17) is 46.4 Å². The minimum absolute atomic E-state index is 0.0838. The summed E-state index contributed by atoms with van der Waals surface area (Å²) >= 11 is 25.6. The van der Waals surface area contributed by atoms with Crippen molar-refractivity contribution in [2.24, 2.45) is 0 Å². The summed E-state index contributed by atoms with van der Waals surface area (Å²) in [5.74, 6) is 0.268. The lowest BCUT2D eigenvalue weighted by molar-refractivity contribution is 0.0923. The van der Waals surface area contributed by atoms with Crippen molar-refractivity contribution in [2.45, 2.75) is 75.7 Å². The summed E-state index contributed by atoms with van der Waals surface area (Å²) in [6, 6.07) is 16.9. The number of nitrogens with one attached hydrogen (secondary N) is 1. The number of rotatable bonds is 4. The molecule has 2 unspecified atom stereocenters. The molecule has 1 aliphatic carbocycles. The van der Waals surface area contributed by atoms with Crippen LogP contribution in [0.25, 0.3) is 0 Å². The maximum absolute atomic E-state index is 13.2. The van der Waals surface area contributed by atoms with Gasteiger partial charge < -0.3 is 5.32 Å². The smallest absolute Gasteiger partial charge is 0.270 e. The normalized spacial score (nSPS) is 21.5. The fourth-order valence-corrected chi connectivity index (χ4v) is 6.52. The highest BCUT2D eigenvalue weighted by Crippen LogP contribution is 2.37. The van der Waals surface area contributed by atoms with Gasteiger partial charge >= 0.3 is 0 Å². The topological polar surface area (TPSA) is 42.0 Å². The number of aromatic nitrogens is 1. The molecule has 3 nitrogen and oxygen atoms in total. The van der Waals surface area contributed by atoms with Crippen molar-refractivity contribution in [3.8, 4) is 0 Å². The van der Waals surface area contributed by atoms with Crippen LogP contribution in [0, 0.1) is 0 Å². The van der Waals surface area contributed by atoms with Crippen molar-refractivity contribution in [2.75, 3.05) is 0 Å². The summed E-state index contributed by atoms with van der Waals surface area (Å²) in [5.41, 5.74) is 2.65. The molecule has 2 atom stereocenters. The number of hydrogen-bond acceptors (Lipinski definition) is 2. The van der Waals surface area contributed by atoms with Crippen LogP contribution in [0.3, 0.4) is 0 Å². The Kier molecular flexibility index (Phi) is 10.6. The zero-order chi connectivity index (χ0) is 26.2. The fourth-order valence-electron chi connectivity index (χ4n) is 5.43. The standard InChI is InChI=1S/C30H32Cl4N2O/c31-24-12-22(13-25(32)18-24)20-8-4-2-1-3-5-9-21(23-14-26(33)19-27(34)15-23)17-28(16-20)36-30(37)29-10-6-7-11-35-29/h6-7,10-15,18-21,28H,1-5,8-9,16-17H2,(H,36,37). The van der Waals surface area contributed by atoms with Gasteiger partial charge in [0.15, 0.2) is 0 Å².